The SMILES string of the molecule is O.O=S([O-])O[O-].O=S([O-])O[O-].[C-]#[N+]c1c[nH+]c(N)nc1N[C@@H](C)c1cc2cccc(-c3cc[nH+]c(C)c3)c2c(=O)n1-c1ccccc1. The van der Waals surface area contributed by atoms with Crippen LogP contribution < -0.4 is 37.1 Å². The van der Waals surface area contributed by atoms with Crippen molar-refractivity contribution in [2.24, 2.45) is 0 Å². The summed E-state index contributed by atoms with van der Waals surface area (Å²) in [5.41, 5.74) is 10.3. The Bertz CT molecular complexity index is 1940. The average Bonchev–Trinajstić information content (AvgIpc) is 3.05. The van der Waals surface area contributed by atoms with E-state index in [1.807, 2.05) is 86.8 Å². The molecule has 3 aromatic heterocycles. The highest BCUT2D eigenvalue weighted by molar-refractivity contribution is 7.74. The van der Waals surface area contributed by atoms with Crippen molar-refractivity contribution >= 4 is 50.9 Å². The quantitative estimate of drug-likeness (QED) is 0.0959. The number of nitrogen functional groups attached to an aromatic ring is 1. The number of pyridine rings is 2. The third-order valence-electron chi connectivity index (χ3n) is 6.21. The second-order valence-electron chi connectivity index (χ2n) is 9.12. The molecule has 5 rings (SSSR count). The number of nitrogens with one attached hydrogen (secondary N) is 3. The zero-order chi connectivity index (χ0) is 33.8. The lowest BCUT2D eigenvalue weighted by Gasteiger charge is -2.21. The predicted molar refractivity (Wildman–Crippen MR) is 163 cm³/mol. The van der Waals surface area contributed by atoms with Crippen molar-refractivity contribution in [2.45, 2.75) is 19.9 Å². The zero-order valence-electron chi connectivity index (χ0n) is 24.5. The summed E-state index contributed by atoms with van der Waals surface area (Å²) in [6.07, 6.45) is 3.39. The average molecular weight is 686 g/mol. The molecule has 0 amide bonds. The maximum atomic E-state index is 14.2. The molecule has 47 heavy (non-hydrogen) atoms. The Morgan fingerprint density at radius 2 is 1.66 bits per heavy atom. The van der Waals surface area contributed by atoms with E-state index in [2.05, 4.69) is 33.8 Å². The molecule has 2 unspecified atom stereocenters. The summed E-state index contributed by atoms with van der Waals surface area (Å²) in [4.78, 5) is 27.9. The van der Waals surface area contributed by atoms with E-state index in [-0.39, 0.29) is 23.0 Å². The van der Waals surface area contributed by atoms with Crippen molar-refractivity contribution < 1.29 is 52.1 Å². The van der Waals surface area contributed by atoms with Gasteiger partial charge in [0.05, 0.1) is 46.9 Å². The molecule has 7 N–H and O–H groups in total. The highest BCUT2D eigenvalue weighted by Crippen LogP contribution is 2.31. The molecule has 0 fully saturated rings. The fraction of sp³-hybridized carbons (Fsp3) is 0.107. The minimum Gasteiger partial charge on any atom is -0.750 e. The maximum Gasteiger partial charge on any atom is 0.386 e. The van der Waals surface area contributed by atoms with E-state index in [9.17, 15) is 4.79 Å². The lowest BCUT2D eigenvalue weighted by atomic mass is 9.98. The molecule has 0 saturated carbocycles. The number of para-hydroxylation sites is 1. The van der Waals surface area contributed by atoms with E-state index in [0.717, 1.165) is 33.6 Å². The van der Waals surface area contributed by atoms with E-state index in [1.165, 1.54) is 6.20 Å². The fourth-order valence-corrected chi connectivity index (χ4v) is 4.43. The van der Waals surface area contributed by atoms with Crippen LogP contribution in [-0.4, -0.2) is 32.6 Å². The summed E-state index contributed by atoms with van der Waals surface area (Å²) in [5.74, 6) is 0.543. The summed E-state index contributed by atoms with van der Waals surface area (Å²) in [7, 11) is 0. The lowest BCUT2D eigenvalue weighted by Crippen LogP contribution is -2.26. The van der Waals surface area contributed by atoms with Gasteiger partial charge < -0.3 is 39.1 Å². The van der Waals surface area contributed by atoms with Crippen LogP contribution in [0, 0.1) is 13.5 Å². The van der Waals surface area contributed by atoms with Gasteiger partial charge in [-0.3, -0.25) is 20.1 Å². The first-order valence-electron chi connectivity index (χ1n) is 12.8. The van der Waals surface area contributed by atoms with Crippen LogP contribution >= 0.6 is 0 Å². The molecule has 3 heterocycles. The van der Waals surface area contributed by atoms with Gasteiger partial charge in [-0.25, -0.2) is 18.2 Å². The monoisotopic (exact) mass is 685 g/mol. The Morgan fingerprint density at radius 3 is 2.23 bits per heavy atom. The largest absolute Gasteiger partial charge is 0.750 e. The first-order valence-corrected chi connectivity index (χ1v) is 14.8. The number of H-pyrrole nitrogens is 2. The summed E-state index contributed by atoms with van der Waals surface area (Å²) in [6, 6.07) is 21.1. The molecule has 5 aromatic rings. The van der Waals surface area contributed by atoms with Crippen LogP contribution in [-0.2, 0) is 31.4 Å². The van der Waals surface area contributed by atoms with Crippen LogP contribution in [0.5, 0.6) is 0 Å². The lowest BCUT2D eigenvalue weighted by molar-refractivity contribution is -0.635. The molecule has 2 aromatic carbocycles. The number of aromatic amines is 2. The highest BCUT2D eigenvalue weighted by atomic mass is 32.2. The number of aryl methyl sites for hydroxylation is 1. The molecular formula is C28H27N7O10S2-2. The number of anilines is 2. The first kappa shape index (κ1) is 38.2. The van der Waals surface area contributed by atoms with Gasteiger partial charge in [0, 0.05) is 30.4 Å². The van der Waals surface area contributed by atoms with Gasteiger partial charge in [-0.2, -0.15) is 0 Å². The van der Waals surface area contributed by atoms with Crippen LogP contribution in [0.1, 0.15) is 24.4 Å². The van der Waals surface area contributed by atoms with Gasteiger partial charge in [0.25, 0.3) is 11.2 Å². The van der Waals surface area contributed by atoms with Crippen molar-refractivity contribution in [3.05, 3.63) is 112 Å². The molecule has 0 spiro atoms. The zero-order valence-corrected chi connectivity index (χ0v) is 26.1. The van der Waals surface area contributed by atoms with E-state index < -0.39 is 22.7 Å². The number of rotatable bonds is 7. The van der Waals surface area contributed by atoms with E-state index in [0.29, 0.717) is 16.9 Å². The van der Waals surface area contributed by atoms with Crippen LogP contribution in [0.4, 0.5) is 17.5 Å². The number of nitrogens with zero attached hydrogens (tertiary/aromatic N) is 3. The fourth-order valence-electron chi connectivity index (χ4n) is 4.43. The minimum atomic E-state index is -2.88. The van der Waals surface area contributed by atoms with Gasteiger partial charge in [-0.05, 0) is 41.6 Å². The molecule has 0 bridgehead atoms. The number of hydrogen-bond acceptors (Lipinski definition) is 12. The summed E-state index contributed by atoms with van der Waals surface area (Å²) < 4.78 is 41.9. The third kappa shape index (κ3) is 10.2. The van der Waals surface area contributed by atoms with Crippen LogP contribution in [0.2, 0.25) is 0 Å². The Balaban J connectivity index is 0.000000612. The van der Waals surface area contributed by atoms with E-state index >= 15 is 0 Å². The van der Waals surface area contributed by atoms with Crippen molar-refractivity contribution in [2.75, 3.05) is 11.1 Å². The molecule has 17 nitrogen and oxygen atoms in total. The van der Waals surface area contributed by atoms with Crippen LogP contribution in [0.15, 0.2) is 83.9 Å². The van der Waals surface area contributed by atoms with Gasteiger partial charge in [-0.1, -0.05) is 41.4 Å². The van der Waals surface area contributed by atoms with Crippen molar-refractivity contribution in [3.8, 4) is 16.8 Å². The van der Waals surface area contributed by atoms with Gasteiger partial charge in [0.1, 0.15) is 0 Å². The van der Waals surface area contributed by atoms with Crippen molar-refractivity contribution in [1.29, 1.82) is 0 Å². The first-order chi connectivity index (χ1) is 22.0. The summed E-state index contributed by atoms with van der Waals surface area (Å²) in [6.45, 7) is 11.4. The molecule has 19 heteroatoms. The molecule has 0 radical (unpaired) electrons. The summed E-state index contributed by atoms with van der Waals surface area (Å²) in [5, 5.41) is 21.8. The van der Waals surface area contributed by atoms with Crippen molar-refractivity contribution in [3.63, 3.8) is 0 Å². The van der Waals surface area contributed by atoms with Gasteiger partial charge in [-0.15, -0.1) is 0 Å². The van der Waals surface area contributed by atoms with Gasteiger partial charge in [0.2, 0.25) is 5.82 Å². The van der Waals surface area contributed by atoms with Crippen LogP contribution in [0.3, 0.4) is 0 Å². The summed E-state index contributed by atoms with van der Waals surface area (Å²) >= 11 is -5.76. The minimum absolute atomic E-state index is 0. The Morgan fingerprint density at radius 1 is 1.02 bits per heavy atom. The second-order valence-corrected chi connectivity index (χ2v) is 10.2. The topological polar surface area (TPSA) is 282 Å². The standard InChI is InChI=1S/C28H23N7O.2H2O4S.H2O/c1-17-14-19(12-13-31-17)22-11-7-8-20-15-24(18(2)33-26-23(30-3)16-32-28(29)34-26)35(27(36)25(20)22)21-9-5-4-6-10-21;2*1-4-5(2)3;/h4-16,18H,1-2H3,(H3,29,32,33,34);2*1H,(H,2,3);1H2/p-2/t18-;;;/m0.../s1. The molecule has 0 aliphatic carbocycles. The Hall–Kier alpha value is -5.01. The molecule has 0 aliphatic rings. The third-order valence-corrected chi connectivity index (χ3v) is 6.43. The van der Waals surface area contributed by atoms with E-state index in [4.69, 9.17) is 40.3 Å². The number of benzene rings is 2. The van der Waals surface area contributed by atoms with Crippen molar-refractivity contribution in [1.82, 2.24) is 9.55 Å². The second kappa shape index (κ2) is 18.2. The van der Waals surface area contributed by atoms with Gasteiger partial charge >= 0.3 is 5.95 Å². The number of nitrogens with two attached hydrogens (primary N) is 1. The highest BCUT2D eigenvalue weighted by Gasteiger charge is 2.21. The number of hydrogen-bond donors (Lipinski definition) is 2. The van der Waals surface area contributed by atoms with E-state index in [1.54, 1.807) is 4.57 Å². The molecule has 0 saturated heterocycles. The molecule has 3 atom stereocenters. The maximum absolute atomic E-state index is 14.2. The Labute approximate surface area is 272 Å². The molecule has 0 aliphatic heterocycles. The molecule has 248 valence electrons. The smallest absolute Gasteiger partial charge is 0.386 e. The Kier molecular flexibility index (Phi) is 14.8. The number of aromatic nitrogens is 4. The number of fused-ring (bicyclic) bond motifs is 1. The van der Waals surface area contributed by atoms with Crippen LogP contribution in [0.25, 0.3) is 32.4 Å². The normalized spacial score (nSPS) is 12.1. The predicted octanol–water partition coefficient (Wildman–Crippen LogP) is -0.384. The van der Waals surface area contributed by atoms with Gasteiger partial charge in [0.15, 0.2) is 11.9 Å². The molecular weight excluding hydrogens is 658 g/mol.